The molecule has 2 unspecified atom stereocenters. The number of nitrogens with zero attached hydrogens (tertiary/aromatic N) is 1. The second kappa shape index (κ2) is 3.95. The lowest BCUT2D eigenvalue weighted by Gasteiger charge is -2.46. The molecule has 0 amide bonds. The molecule has 4 fully saturated rings. The highest BCUT2D eigenvalue weighted by atomic mass is 16.4. The van der Waals surface area contributed by atoms with Gasteiger partial charge in [0.1, 0.15) is 18.5 Å². The van der Waals surface area contributed by atoms with Crippen molar-refractivity contribution in [3.63, 3.8) is 0 Å². The summed E-state index contributed by atoms with van der Waals surface area (Å²) < 4.78 is 0. The molecule has 4 heteroatoms. The maximum absolute atomic E-state index is 9.44. The number of fused-ring (bicyclic) bond motifs is 1. The average Bonchev–Trinajstić information content (AvgIpc) is 2.45. The molecule has 17 heavy (non-hydrogen) atoms. The number of nitrogens with one attached hydrogen (secondary N) is 2. The third kappa shape index (κ3) is 1.78. The molecule has 0 radical (unpaired) electrons. The van der Waals surface area contributed by atoms with E-state index in [4.69, 9.17) is 0 Å². The summed E-state index contributed by atoms with van der Waals surface area (Å²) >= 11 is 0. The molecule has 2 atom stereocenters. The topological polar surface area (TPSA) is 41.5 Å². The van der Waals surface area contributed by atoms with Crippen LogP contribution in [0.2, 0.25) is 0 Å². The zero-order valence-corrected chi connectivity index (χ0v) is 11.0. The lowest BCUT2D eigenvalue weighted by Crippen LogP contribution is -3.17. The molecular formula is C13H25N3O+2. The van der Waals surface area contributed by atoms with Crippen molar-refractivity contribution in [3.05, 3.63) is 0 Å². The second-order valence-corrected chi connectivity index (χ2v) is 6.82. The lowest BCUT2D eigenvalue weighted by molar-refractivity contribution is -0.918. The fourth-order valence-electron chi connectivity index (χ4n) is 4.69. The average molecular weight is 239 g/mol. The summed E-state index contributed by atoms with van der Waals surface area (Å²) in [7, 11) is 0. The predicted molar refractivity (Wildman–Crippen MR) is 65.7 cm³/mol. The Balaban J connectivity index is 1.98. The maximum atomic E-state index is 9.44. The van der Waals surface area contributed by atoms with Gasteiger partial charge < -0.3 is 15.0 Å². The van der Waals surface area contributed by atoms with Crippen LogP contribution >= 0.6 is 0 Å². The van der Waals surface area contributed by atoms with E-state index in [2.05, 4.69) is 19.0 Å². The molecule has 0 aromatic heterocycles. The van der Waals surface area contributed by atoms with Crippen molar-refractivity contribution >= 4 is 5.71 Å². The van der Waals surface area contributed by atoms with Gasteiger partial charge in [-0.1, -0.05) is 19.0 Å². The van der Waals surface area contributed by atoms with E-state index in [1.807, 2.05) is 0 Å². The summed E-state index contributed by atoms with van der Waals surface area (Å²) in [5.41, 5.74) is 1.34. The van der Waals surface area contributed by atoms with Crippen LogP contribution < -0.4 is 9.80 Å². The van der Waals surface area contributed by atoms with Crippen LogP contribution in [-0.2, 0) is 0 Å². The molecule has 0 spiro atoms. The lowest BCUT2D eigenvalue weighted by atomic mass is 9.66. The van der Waals surface area contributed by atoms with Gasteiger partial charge in [-0.3, -0.25) is 0 Å². The minimum Gasteiger partial charge on any atom is -0.411 e. The number of rotatable bonds is 2. The van der Waals surface area contributed by atoms with Gasteiger partial charge >= 0.3 is 0 Å². The molecule has 4 saturated heterocycles. The Bertz CT molecular complexity index is 324. The third-order valence-corrected chi connectivity index (χ3v) is 4.92. The minimum absolute atomic E-state index is 0.200. The number of hydrogen-bond donors (Lipinski definition) is 3. The smallest absolute Gasteiger partial charge is 0.127 e. The molecule has 4 bridgehead atoms. The van der Waals surface area contributed by atoms with Crippen LogP contribution in [0.25, 0.3) is 0 Å². The van der Waals surface area contributed by atoms with Crippen LogP contribution in [-0.4, -0.2) is 50.2 Å². The highest BCUT2D eigenvalue weighted by Crippen LogP contribution is 2.33. The number of piperidine rings is 2. The van der Waals surface area contributed by atoms with Crippen LogP contribution in [0.5, 0.6) is 0 Å². The highest BCUT2D eigenvalue weighted by Gasteiger charge is 2.57. The Kier molecular flexibility index (Phi) is 2.67. The summed E-state index contributed by atoms with van der Waals surface area (Å²) in [6, 6.07) is 0. The largest absolute Gasteiger partial charge is 0.411 e. The molecule has 0 saturated carbocycles. The number of hydrogen-bond acceptors (Lipinski definition) is 2. The molecule has 4 nitrogen and oxygen atoms in total. The van der Waals surface area contributed by atoms with Gasteiger partial charge in [-0.05, 0) is 12.3 Å². The molecule has 0 aliphatic carbocycles. The van der Waals surface area contributed by atoms with Gasteiger partial charge in [0.05, 0.1) is 37.8 Å². The van der Waals surface area contributed by atoms with Crippen LogP contribution in [0.4, 0.5) is 0 Å². The maximum Gasteiger partial charge on any atom is 0.127 e. The molecule has 3 N–H and O–H groups in total. The Hall–Kier alpha value is -0.610. The van der Waals surface area contributed by atoms with E-state index >= 15 is 0 Å². The van der Waals surface area contributed by atoms with E-state index in [-0.39, 0.29) is 5.41 Å². The first-order valence-corrected chi connectivity index (χ1v) is 7.02. The second-order valence-electron chi connectivity index (χ2n) is 6.82. The SMILES string of the molecule is CC(C)CC12C[NH+]3CC[NH+](CC(C3)/C1=N\O)C2. The van der Waals surface area contributed by atoms with Crippen LogP contribution in [0.3, 0.4) is 0 Å². The molecule has 4 heterocycles. The van der Waals surface area contributed by atoms with Crippen molar-refractivity contribution in [2.75, 3.05) is 39.3 Å². The first-order valence-electron chi connectivity index (χ1n) is 7.02. The van der Waals surface area contributed by atoms with Crippen molar-refractivity contribution < 1.29 is 15.0 Å². The summed E-state index contributed by atoms with van der Waals surface area (Å²) in [4.78, 5) is 3.49. The van der Waals surface area contributed by atoms with E-state index in [1.165, 1.54) is 45.7 Å². The summed E-state index contributed by atoms with van der Waals surface area (Å²) in [6.45, 7) is 12.0. The van der Waals surface area contributed by atoms with E-state index < -0.39 is 0 Å². The molecule has 0 aromatic carbocycles. The zero-order valence-electron chi connectivity index (χ0n) is 11.0. The van der Waals surface area contributed by atoms with E-state index in [9.17, 15) is 5.21 Å². The quantitative estimate of drug-likeness (QED) is 0.389. The first kappa shape index (κ1) is 11.5. The van der Waals surface area contributed by atoms with Gasteiger partial charge in [0.15, 0.2) is 0 Å². The van der Waals surface area contributed by atoms with Gasteiger partial charge in [-0.25, -0.2) is 0 Å². The standard InChI is InChI=1S/C13H23N3O/c1-10(2)5-13-8-15-3-4-16(9-13)7-11(6-15)12(13)14-17/h10-11,17H,3-9H2,1-2H3/p+2/b14-12+. The van der Waals surface area contributed by atoms with Gasteiger partial charge in [0, 0.05) is 0 Å². The molecule has 4 rings (SSSR count). The molecule has 4 aliphatic rings. The van der Waals surface area contributed by atoms with E-state index in [0.717, 1.165) is 5.71 Å². The van der Waals surface area contributed by atoms with Gasteiger partial charge in [-0.15, -0.1) is 0 Å². The Morgan fingerprint density at radius 2 is 1.88 bits per heavy atom. The van der Waals surface area contributed by atoms with E-state index in [0.29, 0.717) is 11.8 Å². The molecular weight excluding hydrogens is 214 g/mol. The van der Waals surface area contributed by atoms with E-state index in [1.54, 1.807) is 9.80 Å². The van der Waals surface area contributed by atoms with Crippen molar-refractivity contribution in [2.24, 2.45) is 22.4 Å². The van der Waals surface area contributed by atoms with Crippen molar-refractivity contribution in [1.29, 1.82) is 0 Å². The predicted octanol–water partition coefficient (Wildman–Crippen LogP) is -1.72. The first-order chi connectivity index (χ1) is 8.13. The van der Waals surface area contributed by atoms with Crippen LogP contribution in [0, 0.1) is 17.3 Å². The zero-order chi connectivity index (χ0) is 12.0. The monoisotopic (exact) mass is 239 g/mol. The van der Waals surface area contributed by atoms with Crippen LogP contribution in [0.15, 0.2) is 5.16 Å². The highest BCUT2D eigenvalue weighted by molar-refractivity contribution is 5.93. The Morgan fingerprint density at radius 3 is 2.35 bits per heavy atom. The fraction of sp³-hybridized carbons (Fsp3) is 0.923. The van der Waals surface area contributed by atoms with Crippen molar-refractivity contribution in [1.82, 2.24) is 0 Å². The Labute approximate surface area is 103 Å². The van der Waals surface area contributed by atoms with Crippen LogP contribution in [0.1, 0.15) is 20.3 Å². The normalized spacial score (nSPS) is 46.8. The van der Waals surface area contributed by atoms with Crippen molar-refractivity contribution in [3.8, 4) is 0 Å². The van der Waals surface area contributed by atoms with Gasteiger partial charge in [0.2, 0.25) is 0 Å². The molecule has 96 valence electrons. The summed E-state index contributed by atoms with van der Waals surface area (Å²) in [6.07, 6.45) is 1.19. The van der Waals surface area contributed by atoms with Crippen molar-refractivity contribution in [2.45, 2.75) is 20.3 Å². The third-order valence-electron chi connectivity index (χ3n) is 4.92. The number of quaternary nitrogens is 2. The minimum atomic E-state index is 0.200. The Morgan fingerprint density at radius 1 is 1.29 bits per heavy atom. The van der Waals surface area contributed by atoms with Gasteiger partial charge in [-0.2, -0.15) is 0 Å². The molecule has 0 aromatic rings. The van der Waals surface area contributed by atoms with Gasteiger partial charge in [0.25, 0.3) is 0 Å². The summed E-state index contributed by atoms with van der Waals surface area (Å²) in [5, 5.41) is 13.2. The molecule has 4 aliphatic heterocycles. The fourth-order valence-corrected chi connectivity index (χ4v) is 4.69. The number of oxime groups is 1. The summed E-state index contributed by atoms with van der Waals surface area (Å²) in [5.74, 6) is 1.22.